The first-order valence-corrected chi connectivity index (χ1v) is 9.29. The van der Waals surface area contributed by atoms with Gasteiger partial charge in [-0.05, 0) is 41.5 Å². The molecule has 0 aromatic heterocycles. The van der Waals surface area contributed by atoms with Crippen molar-refractivity contribution >= 4 is 23.7 Å². The van der Waals surface area contributed by atoms with Gasteiger partial charge in [0.05, 0.1) is 12.3 Å². The number of carbonyl (C=O) groups excluding carboxylic acids is 1. The van der Waals surface area contributed by atoms with Gasteiger partial charge in [-0.3, -0.25) is 4.79 Å². The fourth-order valence-corrected chi connectivity index (χ4v) is 2.78. The molecule has 0 saturated carbocycles. The molecule has 0 aliphatic heterocycles. The number of carbonyl (C=O) groups is 1. The smallest absolute Gasteiger partial charge is 0.261 e. The van der Waals surface area contributed by atoms with Crippen LogP contribution in [0.1, 0.15) is 22.6 Å². The SMILES string of the molecule is N#C[C@@H](C(=O)N/N=C\c1ccc(OCc2ccccc2Cl)cc1)c1ccccc1. The fraction of sp³-hybridized carbons (Fsp3) is 0.0870. The van der Waals surface area contributed by atoms with Crippen LogP contribution in [-0.4, -0.2) is 12.1 Å². The zero-order chi connectivity index (χ0) is 20.5. The van der Waals surface area contributed by atoms with Crippen molar-refractivity contribution in [1.29, 1.82) is 5.26 Å². The molecule has 29 heavy (non-hydrogen) atoms. The third-order valence-electron chi connectivity index (χ3n) is 4.14. The Kier molecular flexibility index (Phi) is 6.99. The highest BCUT2D eigenvalue weighted by Crippen LogP contribution is 2.19. The molecule has 5 nitrogen and oxygen atoms in total. The highest BCUT2D eigenvalue weighted by molar-refractivity contribution is 6.31. The second-order valence-corrected chi connectivity index (χ2v) is 6.56. The van der Waals surface area contributed by atoms with Gasteiger partial charge in [0.2, 0.25) is 0 Å². The van der Waals surface area contributed by atoms with Crippen molar-refractivity contribution in [3.63, 3.8) is 0 Å². The number of benzene rings is 3. The summed E-state index contributed by atoms with van der Waals surface area (Å²) < 4.78 is 5.73. The molecule has 0 radical (unpaired) electrons. The second-order valence-electron chi connectivity index (χ2n) is 6.16. The topological polar surface area (TPSA) is 74.5 Å². The standard InChI is InChI=1S/C23H18ClN3O2/c24-22-9-5-4-8-19(22)16-29-20-12-10-17(11-13-20)15-26-27-23(28)21(14-25)18-6-2-1-3-7-18/h1-13,15,21H,16H2,(H,27,28)/b26-15-/t21-/m1/s1. The van der Waals surface area contributed by atoms with Crippen molar-refractivity contribution in [2.45, 2.75) is 12.5 Å². The van der Waals surface area contributed by atoms with Gasteiger partial charge in [-0.15, -0.1) is 0 Å². The number of halogens is 1. The van der Waals surface area contributed by atoms with Gasteiger partial charge in [0.25, 0.3) is 5.91 Å². The van der Waals surface area contributed by atoms with Gasteiger partial charge >= 0.3 is 0 Å². The molecule has 1 amide bonds. The fourth-order valence-electron chi connectivity index (χ4n) is 2.59. The summed E-state index contributed by atoms with van der Waals surface area (Å²) in [5.74, 6) is -0.691. The summed E-state index contributed by atoms with van der Waals surface area (Å²) in [6.45, 7) is 0.373. The van der Waals surface area contributed by atoms with Crippen molar-refractivity contribution in [3.8, 4) is 11.8 Å². The van der Waals surface area contributed by atoms with Gasteiger partial charge in [0.1, 0.15) is 12.4 Å². The lowest BCUT2D eigenvalue weighted by Gasteiger charge is -2.08. The van der Waals surface area contributed by atoms with E-state index >= 15 is 0 Å². The number of nitriles is 1. The van der Waals surface area contributed by atoms with Crippen molar-refractivity contribution < 1.29 is 9.53 Å². The lowest BCUT2D eigenvalue weighted by Crippen LogP contribution is -2.24. The van der Waals surface area contributed by atoms with Crippen LogP contribution in [0.2, 0.25) is 5.02 Å². The maximum absolute atomic E-state index is 12.2. The number of rotatable bonds is 7. The molecular formula is C23H18ClN3O2. The van der Waals surface area contributed by atoms with E-state index in [1.54, 1.807) is 24.3 Å². The zero-order valence-electron chi connectivity index (χ0n) is 15.5. The van der Waals surface area contributed by atoms with E-state index in [4.69, 9.17) is 16.3 Å². The van der Waals surface area contributed by atoms with Crippen LogP contribution < -0.4 is 10.2 Å². The Morgan fingerprint density at radius 1 is 1.07 bits per heavy atom. The van der Waals surface area contributed by atoms with E-state index in [1.807, 2.05) is 60.7 Å². The molecule has 0 bridgehead atoms. The highest BCUT2D eigenvalue weighted by atomic mass is 35.5. The average Bonchev–Trinajstić information content (AvgIpc) is 2.75. The third kappa shape index (κ3) is 5.68. The van der Waals surface area contributed by atoms with Gasteiger partial charge in [0, 0.05) is 10.6 Å². The van der Waals surface area contributed by atoms with Crippen LogP contribution in [0.15, 0.2) is 84.0 Å². The first-order chi connectivity index (χ1) is 14.2. The largest absolute Gasteiger partial charge is 0.489 e. The van der Waals surface area contributed by atoms with Gasteiger partial charge < -0.3 is 4.74 Å². The maximum atomic E-state index is 12.2. The molecule has 1 N–H and O–H groups in total. The number of nitrogens with one attached hydrogen (secondary N) is 1. The maximum Gasteiger partial charge on any atom is 0.261 e. The van der Waals surface area contributed by atoms with Crippen molar-refractivity contribution in [3.05, 3.63) is 101 Å². The average molecular weight is 404 g/mol. The Hall–Kier alpha value is -3.62. The Morgan fingerprint density at radius 3 is 2.45 bits per heavy atom. The van der Waals surface area contributed by atoms with Crippen LogP contribution in [-0.2, 0) is 11.4 Å². The molecule has 144 valence electrons. The quantitative estimate of drug-likeness (QED) is 0.460. The predicted molar refractivity (Wildman–Crippen MR) is 113 cm³/mol. The van der Waals surface area contributed by atoms with Crippen molar-refractivity contribution in [1.82, 2.24) is 5.43 Å². The van der Waals surface area contributed by atoms with E-state index in [2.05, 4.69) is 10.5 Å². The number of hydrazone groups is 1. The van der Waals surface area contributed by atoms with E-state index in [0.717, 1.165) is 11.1 Å². The number of hydrogen-bond donors (Lipinski definition) is 1. The molecule has 3 aromatic carbocycles. The molecule has 0 aliphatic rings. The first kappa shape index (κ1) is 20.1. The minimum Gasteiger partial charge on any atom is -0.489 e. The van der Waals surface area contributed by atoms with E-state index < -0.39 is 11.8 Å². The lowest BCUT2D eigenvalue weighted by atomic mass is 10.0. The van der Waals surface area contributed by atoms with Crippen LogP contribution >= 0.6 is 11.6 Å². The molecule has 0 aliphatic carbocycles. The summed E-state index contributed by atoms with van der Waals surface area (Å²) in [6.07, 6.45) is 1.51. The molecule has 6 heteroatoms. The van der Waals surface area contributed by atoms with Gasteiger partial charge in [-0.2, -0.15) is 10.4 Å². The van der Waals surface area contributed by atoms with Crippen LogP contribution in [0.5, 0.6) is 5.75 Å². The Bertz CT molecular complexity index is 1030. The van der Waals surface area contributed by atoms with Crippen LogP contribution in [0.3, 0.4) is 0 Å². The zero-order valence-corrected chi connectivity index (χ0v) is 16.2. The van der Waals surface area contributed by atoms with Gasteiger partial charge in [-0.1, -0.05) is 60.1 Å². The first-order valence-electron chi connectivity index (χ1n) is 8.91. The summed E-state index contributed by atoms with van der Waals surface area (Å²) >= 11 is 6.12. The van der Waals surface area contributed by atoms with Crippen LogP contribution in [0.25, 0.3) is 0 Å². The van der Waals surface area contributed by atoms with Crippen LogP contribution in [0.4, 0.5) is 0 Å². The van der Waals surface area contributed by atoms with Gasteiger partial charge in [-0.25, -0.2) is 5.43 Å². The Labute approximate surface area is 174 Å². The molecule has 1 atom stereocenters. The molecule has 3 aromatic rings. The molecule has 0 unspecified atom stereocenters. The minimum atomic E-state index is -0.908. The highest BCUT2D eigenvalue weighted by Gasteiger charge is 2.19. The molecule has 0 saturated heterocycles. The summed E-state index contributed by atoms with van der Waals surface area (Å²) in [4.78, 5) is 12.2. The second kappa shape index (κ2) is 10.1. The summed E-state index contributed by atoms with van der Waals surface area (Å²) in [5, 5.41) is 13.9. The third-order valence-corrected chi connectivity index (χ3v) is 4.51. The van der Waals surface area contributed by atoms with Crippen molar-refractivity contribution in [2.24, 2.45) is 5.10 Å². The monoisotopic (exact) mass is 403 g/mol. The Balaban J connectivity index is 1.54. The van der Waals surface area contributed by atoms with Crippen LogP contribution in [0, 0.1) is 11.3 Å². The van der Waals surface area contributed by atoms with E-state index in [0.29, 0.717) is 22.9 Å². The molecular weight excluding hydrogens is 386 g/mol. The molecule has 3 rings (SSSR count). The number of ether oxygens (including phenoxy) is 1. The molecule has 0 spiro atoms. The number of nitrogens with zero attached hydrogens (tertiary/aromatic N) is 2. The van der Waals surface area contributed by atoms with Crippen molar-refractivity contribution in [2.75, 3.05) is 0 Å². The molecule has 0 heterocycles. The number of amides is 1. The summed E-state index contributed by atoms with van der Waals surface area (Å²) in [7, 11) is 0. The van der Waals surface area contributed by atoms with Gasteiger partial charge in [0.15, 0.2) is 5.92 Å². The lowest BCUT2D eigenvalue weighted by molar-refractivity contribution is -0.121. The van der Waals surface area contributed by atoms with E-state index in [9.17, 15) is 10.1 Å². The minimum absolute atomic E-state index is 0.373. The molecule has 0 fully saturated rings. The Morgan fingerprint density at radius 2 is 1.76 bits per heavy atom. The summed E-state index contributed by atoms with van der Waals surface area (Å²) in [5.41, 5.74) is 4.73. The predicted octanol–water partition coefficient (Wildman–Crippen LogP) is 4.68. The van der Waals surface area contributed by atoms with E-state index in [-0.39, 0.29) is 0 Å². The normalized spacial score (nSPS) is 11.6. The summed E-state index contributed by atoms with van der Waals surface area (Å²) in [6, 6.07) is 25.6. The van der Waals surface area contributed by atoms with E-state index in [1.165, 1.54) is 6.21 Å². The number of hydrogen-bond acceptors (Lipinski definition) is 4.